The highest BCUT2D eigenvalue weighted by Gasteiger charge is 2.58. The van der Waals surface area contributed by atoms with E-state index in [1.165, 1.54) is 11.1 Å². The number of nitrogens with two attached hydrogens (primary N) is 1. The third-order valence-corrected chi connectivity index (χ3v) is 8.20. The molecule has 1 aromatic carbocycles. The number of carbonyl (C=O) groups is 2. The molecule has 3 N–H and O–H groups in total. The molecule has 1 aliphatic heterocycles. The Bertz CT molecular complexity index is 825. The van der Waals surface area contributed by atoms with E-state index in [1.54, 1.807) is 0 Å². The molecule has 4 bridgehead atoms. The van der Waals surface area contributed by atoms with Gasteiger partial charge in [-0.3, -0.25) is 14.5 Å². The Morgan fingerprint density at radius 3 is 2.63 bits per heavy atom. The molecule has 162 valence electrons. The molecule has 2 unspecified atom stereocenters. The van der Waals surface area contributed by atoms with E-state index in [2.05, 4.69) is 41.4 Å². The van der Waals surface area contributed by atoms with Gasteiger partial charge in [0.15, 0.2) is 0 Å². The number of hydrogen-bond donors (Lipinski definition) is 2. The zero-order valence-corrected chi connectivity index (χ0v) is 17.8. The van der Waals surface area contributed by atoms with Crippen LogP contribution in [0.25, 0.3) is 0 Å². The van der Waals surface area contributed by atoms with Gasteiger partial charge < -0.3 is 15.8 Å². The minimum absolute atomic E-state index is 0.00934. The lowest BCUT2D eigenvalue weighted by atomic mass is 9.47. The molecule has 3 atom stereocenters. The Labute approximate surface area is 178 Å². The lowest BCUT2D eigenvalue weighted by Crippen LogP contribution is -2.63. The van der Waals surface area contributed by atoms with Crippen LogP contribution in [0.15, 0.2) is 24.3 Å². The molecule has 0 spiro atoms. The number of amides is 2. The van der Waals surface area contributed by atoms with Crippen molar-refractivity contribution in [1.82, 2.24) is 10.2 Å². The van der Waals surface area contributed by atoms with Gasteiger partial charge in [0.1, 0.15) is 6.10 Å². The minimum atomic E-state index is -0.426. The Kier molecular flexibility index (Phi) is 5.10. The molecule has 1 saturated heterocycles. The molecule has 4 saturated carbocycles. The Morgan fingerprint density at radius 2 is 1.93 bits per heavy atom. The maximum absolute atomic E-state index is 13.1. The molecule has 2 amide bonds. The van der Waals surface area contributed by atoms with E-state index in [4.69, 9.17) is 10.5 Å². The van der Waals surface area contributed by atoms with Gasteiger partial charge in [-0.1, -0.05) is 24.3 Å². The summed E-state index contributed by atoms with van der Waals surface area (Å²) >= 11 is 0. The van der Waals surface area contributed by atoms with E-state index in [0.717, 1.165) is 45.2 Å². The van der Waals surface area contributed by atoms with Crippen LogP contribution < -0.4 is 11.1 Å². The lowest BCUT2D eigenvalue weighted by molar-refractivity contribution is -0.151. The van der Waals surface area contributed by atoms with Crippen LogP contribution in [0.5, 0.6) is 0 Å². The average Bonchev–Trinajstić information content (AvgIpc) is 2.72. The largest absolute Gasteiger partial charge is 0.369 e. The molecular weight excluding hydrogens is 378 g/mol. The van der Waals surface area contributed by atoms with Crippen LogP contribution in [0.4, 0.5) is 0 Å². The number of morpholine rings is 1. The van der Waals surface area contributed by atoms with E-state index < -0.39 is 6.10 Å². The SMILES string of the molecule is Cc1ccccc1CN1CCO[C@@H](C(=O)NC2C3CC4CC2CC(C(N)=O)(C4)C3)C1. The number of nitrogens with zero attached hydrogens (tertiary/aromatic N) is 1. The number of benzene rings is 1. The number of nitrogens with one attached hydrogen (secondary N) is 1. The quantitative estimate of drug-likeness (QED) is 0.776. The van der Waals surface area contributed by atoms with Gasteiger partial charge in [0.25, 0.3) is 5.91 Å². The maximum atomic E-state index is 13.1. The van der Waals surface area contributed by atoms with Crippen LogP contribution in [0.2, 0.25) is 0 Å². The summed E-state index contributed by atoms with van der Waals surface area (Å²) < 4.78 is 5.86. The lowest BCUT2D eigenvalue weighted by Gasteiger charge is -2.59. The Balaban J connectivity index is 1.22. The van der Waals surface area contributed by atoms with E-state index in [0.29, 0.717) is 30.9 Å². The second-order valence-corrected chi connectivity index (χ2v) is 10.2. The van der Waals surface area contributed by atoms with Crippen molar-refractivity contribution in [3.8, 4) is 0 Å². The highest BCUT2D eigenvalue weighted by Crippen LogP contribution is 2.59. The predicted molar refractivity (Wildman–Crippen MR) is 113 cm³/mol. The fraction of sp³-hybridized carbons (Fsp3) is 0.667. The van der Waals surface area contributed by atoms with Crippen molar-refractivity contribution < 1.29 is 14.3 Å². The summed E-state index contributed by atoms with van der Waals surface area (Å²) in [7, 11) is 0. The first kappa shape index (κ1) is 20.0. The number of carbonyl (C=O) groups excluding carboxylic acids is 2. The maximum Gasteiger partial charge on any atom is 0.250 e. The van der Waals surface area contributed by atoms with Gasteiger partial charge in [-0.15, -0.1) is 0 Å². The van der Waals surface area contributed by atoms with Crippen molar-refractivity contribution in [3.05, 3.63) is 35.4 Å². The minimum Gasteiger partial charge on any atom is -0.369 e. The number of aryl methyl sites for hydroxylation is 1. The summed E-state index contributed by atoms with van der Waals surface area (Å²) in [6.07, 6.45) is 4.43. The van der Waals surface area contributed by atoms with E-state index in [9.17, 15) is 9.59 Å². The normalized spacial score (nSPS) is 37.8. The number of ether oxygens (including phenoxy) is 1. The fourth-order valence-corrected chi connectivity index (χ4v) is 6.85. The van der Waals surface area contributed by atoms with Crippen molar-refractivity contribution >= 4 is 11.8 Å². The van der Waals surface area contributed by atoms with Crippen molar-refractivity contribution in [2.24, 2.45) is 28.9 Å². The van der Waals surface area contributed by atoms with Crippen molar-refractivity contribution in [2.45, 2.75) is 57.7 Å². The molecule has 0 aromatic heterocycles. The van der Waals surface area contributed by atoms with Gasteiger partial charge in [0.2, 0.25) is 5.91 Å². The van der Waals surface area contributed by atoms with Crippen LogP contribution in [0.1, 0.15) is 43.2 Å². The molecular formula is C24H33N3O3. The van der Waals surface area contributed by atoms with Crippen LogP contribution in [0, 0.1) is 30.1 Å². The summed E-state index contributed by atoms with van der Waals surface area (Å²) in [5.41, 5.74) is 8.06. The second-order valence-electron chi connectivity index (χ2n) is 10.2. The van der Waals surface area contributed by atoms with Crippen LogP contribution in [0.3, 0.4) is 0 Å². The standard InChI is InChI=1S/C24H33N3O3/c1-15-4-2-3-5-17(15)13-27-6-7-30-20(14-27)22(28)26-21-18-8-16-9-19(21)12-24(10-16,11-18)23(25)29/h2-5,16,18-21H,6-14H2,1H3,(H2,25,29)(H,26,28)/t16?,18?,19?,20-,21?,24?/m1/s1. The topological polar surface area (TPSA) is 84.7 Å². The third-order valence-electron chi connectivity index (χ3n) is 8.20. The van der Waals surface area contributed by atoms with Crippen molar-refractivity contribution in [3.63, 3.8) is 0 Å². The molecule has 0 radical (unpaired) electrons. The monoisotopic (exact) mass is 411 g/mol. The molecule has 6 rings (SSSR count). The second kappa shape index (κ2) is 7.65. The smallest absolute Gasteiger partial charge is 0.250 e. The molecule has 6 nitrogen and oxygen atoms in total. The van der Waals surface area contributed by atoms with Crippen LogP contribution >= 0.6 is 0 Å². The number of rotatable bonds is 5. The van der Waals surface area contributed by atoms with E-state index in [-0.39, 0.29) is 23.3 Å². The first-order chi connectivity index (χ1) is 14.4. The van der Waals surface area contributed by atoms with Gasteiger partial charge in [-0.05, 0) is 67.9 Å². The zero-order chi connectivity index (χ0) is 20.9. The zero-order valence-electron chi connectivity index (χ0n) is 17.8. The predicted octanol–water partition coefficient (Wildman–Crippen LogP) is 1.99. The van der Waals surface area contributed by atoms with Crippen molar-refractivity contribution in [2.75, 3.05) is 19.7 Å². The molecule has 1 heterocycles. The van der Waals surface area contributed by atoms with Gasteiger partial charge in [-0.25, -0.2) is 0 Å². The summed E-state index contributed by atoms with van der Waals surface area (Å²) in [6.45, 7) is 5.02. The molecule has 6 heteroatoms. The first-order valence-electron chi connectivity index (χ1n) is 11.4. The van der Waals surface area contributed by atoms with E-state index in [1.807, 2.05) is 0 Å². The van der Waals surface area contributed by atoms with Crippen LogP contribution in [-0.4, -0.2) is 48.6 Å². The molecule has 5 aliphatic rings. The highest BCUT2D eigenvalue weighted by atomic mass is 16.5. The van der Waals surface area contributed by atoms with E-state index >= 15 is 0 Å². The Hall–Kier alpha value is -1.92. The van der Waals surface area contributed by atoms with Crippen molar-refractivity contribution in [1.29, 1.82) is 0 Å². The number of primary amides is 1. The summed E-state index contributed by atoms with van der Waals surface area (Å²) in [5.74, 6) is 1.22. The molecule has 5 fully saturated rings. The van der Waals surface area contributed by atoms with Gasteiger partial charge in [-0.2, -0.15) is 0 Å². The average molecular weight is 412 g/mol. The summed E-state index contributed by atoms with van der Waals surface area (Å²) in [5, 5.41) is 3.34. The van der Waals surface area contributed by atoms with Gasteiger partial charge in [0, 0.05) is 31.1 Å². The molecule has 1 aromatic rings. The first-order valence-corrected chi connectivity index (χ1v) is 11.4. The summed E-state index contributed by atoms with van der Waals surface area (Å²) in [6, 6.07) is 8.57. The molecule has 30 heavy (non-hydrogen) atoms. The third kappa shape index (κ3) is 3.54. The van der Waals surface area contributed by atoms with Gasteiger partial charge >= 0.3 is 0 Å². The fourth-order valence-electron chi connectivity index (χ4n) is 6.85. The van der Waals surface area contributed by atoms with Crippen LogP contribution in [-0.2, 0) is 20.9 Å². The number of hydrogen-bond acceptors (Lipinski definition) is 4. The molecule has 4 aliphatic carbocycles. The van der Waals surface area contributed by atoms with Gasteiger partial charge in [0.05, 0.1) is 6.61 Å². The Morgan fingerprint density at radius 1 is 1.20 bits per heavy atom. The summed E-state index contributed by atoms with van der Waals surface area (Å²) in [4.78, 5) is 27.6. The highest BCUT2D eigenvalue weighted by molar-refractivity contribution is 5.83.